The molecule has 6 heteroatoms. The van der Waals surface area contributed by atoms with Crippen LogP contribution in [0.15, 0.2) is 68.9 Å². The molecule has 0 N–H and O–H groups in total. The van der Waals surface area contributed by atoms with Crippen molar-refractivity contribution in [2.45, 2.75) is 11.8 Å². The lowest BCUT2D eigenvalue weighted by Gasteiger charge is -2.14. The number of benzene rings is 2. The number of halogens is 1. The van der Waals surface area contributed by atoms with Gasteiger partial charge in [0.2, 0.25) is 0 Å². The first kappa shape index (κ1) is 17.1. The quantitative estimate of drug-likeness (QED) is 0.714. The predicted octanol–water partition coefficient (Wildman–Crippen LogP) is 3.82. The Morgan fingerprint density at radius 3 is 2.24 bits per heavy atom. The molecule has 128 valence electrons. The average molecular weight is 358 g/mol. The van der Waals surface area contributed by atoms with Crippen molar-refractivity contribution in [1.82, 2.24) is 0 Å². The third-order valence-corrected chi connectivity index (χ3v) is 5.04. The van der Waals surface area contributed by atoms with E-state index >= 15 is 0 Å². The van der Waals surface area contributed by atoms with Crippen molar-refractivity contribution < 1.29 is 17.2 Å². The van der Waals surface area contributed by atoms with Gasteiger partial charge in [-0.3, -0.25) is 0 Å². The standard InChI is InChI=1S/C19H15FO4S/c1-12-10-18(25(2,22)23)17(13-5-7-14(20)8-6-13)11-16(12)15-4-3-9-24-19(15)21/h3-11H,1-2H3. The molecular formula is C19H15FO4S. The third kappa shape index (κ3) is 3.39. The molecule has 0 saturated carbocycles. The molecule has 0 bridgehead atoms. The van der Waals surface area contributed by atoms with Crippen molar-refractivity contribution in [3.63, 3.8) is 0 Å². The summed E-state index contributed by atoms with van der Waals surface area (Å²) >= 11 is 0. The molecule has 0 fully saturated rings. The Morgan fingerprint density at radius 1 is 0.960 bits per heavy atom. The highest BCUT2D eigenvalue weighted by molar-refractivity contribution is 7.90. The van der Waals surface area contributed by atoms with Gasteiger partial charge in [-0.15, -0.1) is 0 Å². The van der Waals surface area contributed by atoms with Crippen LogP contribution < -0.4 is 5.63 Å². The molecule has 0 radical (unpaired) electrons. The summed E-state index contributed by atoms with van der Waals surface area (Å²) < 4.78 is 42.5. The molecule has 0 spiro atoms. The zero-order valence-electron chi connectivity index (χ0n) is 13.6. The van der Waals surface area contributed by atoms with E-state index in [0.717, 1.165) is 6.26 Å². The van der Waals surface area contributed by atoms with E-state index in [-0.39, 0.29) is 4.90 Å². The van der Waals surface area contributed by atoms with Crippen molar-refractivity contribution in [2.24, 2.45) is 0 Å². The highest BCUT2D eigenvalue weighted by Crippen LogP contribution is 2.34. The summed E-state index contributed by atoms with van der Waals surface area (Å²) in [6.07, 6.45) is 2.40. The van der Waals surface area contributed by atoms with E-state index < -0.39 is 21.3 Å². The number of hydrogen-bond acceptors (Lipinski definition) is 4. The number of aryl methyl sites for hydroxylation is 1. The van der Waals surface area contributed by atoms with E-state index in [1.54, 1.807) is 25.1 Å². The summed E-state index contributed by atoms with van der Waals surface area (Å²) in [6, 6.07) is 11.9. The van der Waals surface area contributed by atoms with E-state index in [2.05, 4.69) is 0 Å². The first-order valence-corrected chi connectivity index (χ1v) is 9.35. The lowest BCUT2D eigenvalue weighted by Crippen LogP contribution is -2.06. The Hall–Kier alpha value is -2.73. The zero-order valence-corrected chi connectivity index (χ0v) is 14.4. The fourth-order valence-electron chi connectivity index (χ4n) is 2.70. The van der Waals surface area contributed by atoms with Crippen molar-refractivity contribution >= 4 is 9.84 Å². The van der Waals surface area contributed by atoms with Gasteiger partial charge in [-0.2, -0.15) is 0 Å². The van der Waals surface area contributed by atoms with Crippen LogP contribution in [0.2, 0.25) is 0 Å². The Kier molecular flexibility index (Phi) is 4.30. The third-order valence-electron chi connectivity index (χ3n) is 3.91. The highest BCUT2D eigenvalue weighted by Gasteiger charge is 2.19. The van der Waals surface area contributed by atoms with Gasteiger partial charge < -0.3 is 4.42 Å². The molecule has 0 saturated heterocycles. The molecule has 0 amide bonds. The van der Waals surface area contributed by atoms with Gasteiger partial charge in [0, 0.05) is 11.8 Å². The topological polar surface area (TPSA) is 64.3 Å². The van der Waals surface area contributed by atoms with E-state index in [0.29, 0.717) is 27.8 Å². The average Bonchev–Trinajstić information content (AvgIpc) is 2.55. The van der Waals surface area contributed by atoms with Crippen LogP contribution >= 0.6 is 0 Å². The molecule has 1 heterocycles. The molecule has 3 aromatic rings. The van der Waals surface area contributed by atoms with Crippen LogP contribution in [-0.2, 0) is 9.84 Å². The minimum Gasteiger partial charge on any atom is -0.431 e. The van der Waals surface area contributed by atoms with Crippen molar-refractivity contribution in [2.75, 3.05) is 6.26 Å². The highest BCUT2D eigenvalue weighted by atomic mass is 32.2. The number of rotatable bonds is 3. The van der Waals surface area contributed by atoms with Gasteiger partial charge in [-0.05, 0) is 60.0 Å². The number of sulfone groups is 1. The molecule has 2 aromatic carbocycles. The molecule has 4 nitrogen and oxygen atoms in total. The summed E-state index contributed by atoms with van der Waals surface area (Å²) in [5.74, 6) is -0.416. The van der Waals surface area contributed by atoms with Crippen LogP contribution in [0.3, 0.4) is 0 Å². The lowest BCUT2D eigenvalue weighted by molar-refractivity contribution is 0.513. The van der Waals surface area contributed by atoms with Crippen LogP contribution in [-0.4, -0.2) is 14.7 Å². The smallest absolute Gasteiger partial charge is 0.343 e. The predicted molar refractivity (Wildman–Crippen MR) is 93.7 cm³/mol. The van der Waals surface area contributed by atoms with Gasteiger partial charge in [0.15, 0.2) is 9.84 Å². The maximum absolute atomic E-state index is 13.2. The molecule has 0 aliphatic rings. The van der Waals surface area contributed by atoms with Gasteiger partial charge in [0.05, 0.1) is 16.7 Å². The maximum Gasteiger partial charge on any atom is 0.343 e. The van der Waals surface area contributed by atoms with Crippen LogP contribution in [0, 0.1) is 12.7 Å². The first-order chi connectivity index (χ1) is 11.8. The molecule has 0 unspecified atom stereocenters. The van der Waals surface area contributed by atoms with Crippen LogP contribution in [0.1, 0.15) is 5.56 Å². The van der Waals surface area contributed by atoms with Crippen LogP contribution in [0.4, 0.5) is 4.39 Å². The minimum absolute atomic E-state index is 0.126. The second kappa shape index (κ2) is 6.29. The SMILES string of the molecule is Cc1cc(S(C)(=O)=O)c(-c2ccc(F)cc2)cc1-c1cccoc1=O. The van der Waals surface area contributed by atoms with Gasteiger partial charge in [-0.25, -0.2) is 17.6 Å². The second-order valence-corrected chi connectivity index (χ2v) is 7.74. The van der Waals surface area contributed by atoms with Crippen molar-refractivity contribution in [3.8, 4) is 22.3 Å². The summed E-state index contributed by atoms with van der Waals surface area (Å²) in [4.78, 5) is 12.1. The lowest BCUT2D eigenvalue weighted by atomic mass is 9.96. The summed E-state index contributed by atoms with van der Waals surface area (Å²) in [7, 11) is -3.52. The Labute approximate surface area is 144 Å². The molecule has 1 aromatic heterocycles. The monoisotopic (exact) mass is 358 g/mol. The minimum atomic E-state index is -3.52. The normalized spacial score (nSPS) is 11.5. The van der Waals surface area contributed by atoms with Crippen molar-refractivity contribution in [3.05, 3.63) is 76.6 Å². The molecule has 3 rings (SSSR count). The Morgan fingerprint density at radius 2 is 1.64 bits per heavy atom. The van der Waals surface area contributed by atoms with Gasteiger partial charge in [0.1, 0.15) is 5.82 Å². The van der Waals surface area contributed by atoms with Gasteiger partial charge in [0.25, 0.3) is 0 Å². The van der Waals surface area contributed by atoms with Crippen LogP contribution in [0.25, 0.3) is 22.3 Å². The fourth-order valence-corrected chi connectivity index (χ4v) is 3.67. The van der Waals surface area contributed by atoms with E-state index in [1.807, 2.05) is 0 Å². The molecule has 0 atom stereocenters. The summed E-state index contributed by atoms with van der Waals surface area (Å²) in [5, 5.41) is 0. The van der Waals surface area contributed by atoms with Crippen molar-refractivity contribution in [1.29, 1.82) is 0 Å². The van der Waals surface area contributed by atoms with E-state index in [1.165, 1.54) is 36.6 Å². The molecule has 0 aliphatic heterocycles. The molecule has 25 heavy (non-hydrogen) atoms. The first-order valence-electron chi connectivity index (χ1n) is 7.46. The maximum atomic E-state index is 13.2. The molecular weight excluding hydrogens is 343 g/mol. The van der Waals surface area contributed by atoms with E-state index in [4.69, 9.17) is 4.42 Å². The van der Waals surface area contributed by atoms with E-state index in [9.17, 15) is 17.6 Å². The second-order valence-electron chi connectivity index (χ2n) is 5.76. The Balaban J connectivity index is 2.35. The number of hydrogen-bond donors (Lipinski definition) is 0. The zero-order chi connectivity index (χ0) is 18.2. The summed E-state index contributed by atoms with van der Waals surface area (Å²) in [5.41, 5.74) is 1.98. The van der Waals surface area contributed by atoms with Crippen LogP contribution in [0.5, 0.6) is 0 Å². The Bertz CT molecular complexity index is 1100. The largest absolute Gasteiger partial charge is 0.431 e. The summed E-state index contributed by atoms with van der Waals surface area (Å²) in [6.45, 7) is 1.73. The van der Waals surface area contributed by atoms with Gasteiger partial charge >= 0.3 is 5.63 Å². The molecule has 0 aliphatic carbocycles. The van der Waals surface area contributed by atoms with Gasteiger partial charge in [-0.1, -0.05) is 12.1 Å². The fraction of sp³-hybridized carbons (Fsp3) is 0.105.